The molecule has 0 saturated heterocycles. The molecule has 0 aliphatic rings. The number of rotatable bonds is 6. The van der Waals surface area contributed by atoms with Crippen molar-refractivity contribution in [1.29, 1.82) is 0 Å². The van der Waals surface area contributed by atoms with Crippen LogP contribution in [0, 0.1) is 0 Å². The first-order valence-electron chi connectivity index (χ1n) is 6.58. The summed E-state index contributed by atoms with van der Waals surface area (Å²) < 4.78 is 0. The molecule has 21 heavy (non-hydrogen) atoms. The predicted molar refractivity (Wildman–Crippen MR) is 81.9 cm³/mol. The maximum atomic E-state index is 11.3. The molecule has 9 heteroatoms. The largest absolute Gasteiger partial charge is 0.357 e. The van der Waals surface area contributed by atoms with Gasteiger partial charge in [-0.15, -0.1) is 0 Å². The molecule has 0 spiro atoms. The van der Waals surface area contributed by atoms with Crippen LogP contribution in [0.2, 0.25) is 0 Å². The van der Waals surface area contributed by atoms with Gasteiger partial charge in [0.1, 0.15) is 0 Å². The maximum absolute atomic E-state index is 11.3. The minimum atomic E-state index is -0.209. The lowest BCUT2D eigenvalue weighted by Gasteiger charge is -2.19. The third-order valence-corrected chi connectivity index (χ3v) is 3.47. The van der Waals surface area contributed by atoms with E-state index in [0.717, 1.165) is 13.1 Å². The second kappa shape index (κ2) is 7.02. The van der Waals surface area contributed by atoms with Gasteiger partial charge in [-0.25, -0.2) is 4.98 Å². The number of hydrogen-bond acceptors (Lipinski definition) is 8. The highest BCUT2D eigenvalue weighted by Gasteiger charge is 2.12. The van der Waals surface area contributed by atoms with Crippen LogP contribution in [0.1, 0.15) is 13.8 Å². The molecule has 0 aromatic carbocycles. The molecule has 112 valence electrons. The Morgan fingerprint density at radius 1 is 1.29 bits per heavy atom. The van der Waals surface area contributed by atoms with Crippen LogP contribution < -0.4 is 15.8 Å². The minimum absolute atomic E-state index is 0.209. The van der Waals surface area contributed by atoms with Crippen LogP contribution >= 0.6 is 11.8 Å². The number of hydrogen-bond donors (Lipinski definition) is 2. The van der Waals surface area contributed by atoms with Gasteiger partial charge in [0.15, 0.2) is 5.16 Å². The Labute approximate surface area is 126 Å². The summed E-state index contributed by atoms with van der Waals surface area (Å²) in [7, 11) is 1.75. The molecular formula is C12H17N7OS. The van der Waals surface area contributed by atoms with Gasteiger partial charge in [0.25, 0.3) is 5.56 Å². The number of anilines is 2. The number of H-pyrrole nitrogens is 1. The van der Waals surface area contributed by atoms with Crippen molar-refractivity contribution in [2.24, 2.45) is 0 Å². The zero-order chi connectivity index (χ0) is 15.2. The van der Waals surface area contributed by atoms with Gasteiger partial charge < -0.3 is 15.2 Å². The highest BCUT2D eigenvalue weighted by molar-refractivity contribution is 7.99. The van der Waals surface area contributed by atoms with Crippen LogP contribution in [-0.2, 0) is 0 Å². The third-order valence-electron chi connectivity index (χ3n) is 2.71. The molecule has 2 N–H and O–H groups in total. The second-order valence-electron chi connectivity index (χ2n) is 4.01. The van der Waals surface area contributed by atoms with Crippen molar-refractivity contribution in [2.45, 2.75) is 24.2 Å². The van der Waals surface area contributed by atoms with Gasteiger partial charge in [0, 0.05) is 32.4 Å². The summed E-state index contributed by atoms with van der Waals surface area (Å²) in [6.45, 7) is 5.67. The Balaban J connectivity index is 2.34. The standard InChI is InChI=1S/C12H17N7OS/c1-4-19(5-2)10-16-9(13-3)17-12(18-10)21-11-14-7-6-8(20)15-11/h6-7H,4-5H2,1-3H3,(H,14,15,20)(H,13,16,17,18). The molecular weight excluding hydrogens is 290 g/mol. The first-order chi connectivity index (χ1) is 10.2. The fourth-order valence-electron chi connectivity index (χ4n) is 1.64. The van der Waals surface area contributed by atoms with Gasteiger partial charge in [-0.1, -0.05) is 0 Å². The fourth-order valence-corrected chi connectivity index (χ4v) is 2.34. The smallest absolute Gasteiger partial charge is 0.251 e. The molecule has 0 radical (unpaired) electrons. The van der Waals surface area contributed by atoms with Crippen LogP contribution in [0.5, 0.6) is 0 Å². The molecule has 2 heterocycles. The molecule has 8 nitrogen and oxygen atoms in total. The van der Waals surface area contributed by atoms with Gasteiger partial charge in [0.2, 0.25) is 17.1 Å². The molecule has 0 atom stereocenters. The Hall–Kier alpha value is -2.16. The van der Waals surface area contributed by atoms with Crippen LogP contribution in [0.3, 0.4) is 0 Å². The lowest BCUT2D eigenvalue weighted by Crippen LogP contribution is -2.25. The van der Waals surface area contributed by atoms with E-state index < -0.39 is 0 Å². The van der Waals surface area contributed by atoms with Gasteiger partial charge in [-0.2, -0.15) is 15.0 Å². The van der Waals surface area contributed by atoms with E-state index in [-0.39, 0.29) is 5.56 Å². The van der Waals surface area contributed by atoms with E-state index in [9.17, 15) is 4.79 Å². The molecule has 2 rings (SSSR count). The first kappa shape index (κ1) is 15.2. The van der Waals surface area contributed by atoms with Crippen LogP contribution in [0.15, 0.2) is 27.4 Å². The molecule has 0 fully saturated rings. The Morgan fingerprint density at radius 2 is 2.05 bits per heavy atom. The zero-order valence-corrected chi connectivity index (χ0v) is 12.9. The zero-order valence-electron chi connectivity index (χ0n) is 12.1. The number of aromatic amines is 1. The number of aromatic nitrogens is 5. The summed E-state index contributed by atoms with van der Waals surface area (Å²) in [5, 5.41) is 3.84. The lowest BCUT2D eigenvalue weighted by molar-refractivity contribution is 0.783. The average molecular weight is 307 g/mol. The van der Waals surface area contributed by atoms with Gasteiger partial charge in [-0.05, 0) is 25.6 Å². The lowest BCUT2D eigenvalue weighted by atomic mass is 10.5. The quantitative estimate of drug-likeness (QED) is 0.762. The molecule has 0 amide bonds. The van der Waals surface area contributed by atoms with Gasteiger partial charge >= 0.3 is 0 Å². The van der Waals surface area contributed by atoms with E-state index in [4.69, 9.17) is 0 Å². The summed E-state index contributed by atoms with van der Waals surface area (Å²) in [5.41, 5.74) is -0.209. The van der Waals surface area contributed by atoms with E-state index in [1.165, 1.54) is 24.0 Å². The van der Waals surface area contributed by atoms with Crippen LogP contribution in [-0.4, -0.2) is 45.1 Å². The predicted octanol–water partition coefficient (Wildman–Crippen LogP) is 0.994. The molecule has 0 saturated carbocycles. The van der Waals surface area contributed by atoms with Crippen molar-refractivity contribution in [3.8, 4) is 0 Å². The van der Waals surface area contributed by atoms with E-state index in [2.05, 4.69) is 30.2 Å². The molecule has 0 bridgehead atoms. The van der Waals surface area contributed by atoms with E-state index in [0.29, 0.717) is 22.2 Å². The van der Waals surface area contributed by atoms with Gasteiger partial charge in [0.05, 0.1) is 0 Å². The maximum Gasteiger partial charge on any atom is 0.251 e. The molecule has 2 aromatic heterocycles. The summed E-state index contributed by atoms with van der Waals surface area (Å²) in [4.78, 5) is 33.0. The summed E-state index contributed by atoms with van der Waals surface area (Å²) in [6, 6.07) is 1.36. The summed E-state index contributed by atoms with van der Waals surface area (Å²) in [6.07, 6.45) is 1.45. The molecule has 0 aliphatic carbocycles. The number of nitrogens with one attached hydrogen (secondary N) is 2. The SMILES string of the molecule is CCN(CC)c1nc(NC)nc(Sc2nccc(=O)[nH]2)n1. The first-order valence-corrected chi connectivity index (χ1v) is 7.39. The highest BCUT2D eigenvalue weighted by Crippen LogP contribution is 2.22. The molecule has 2 aromatic rings. The number of nitrogens with zero attached hydrogens (tertiary/aromatic N) is 5. The monoisotopic (exact) mass is 307 g/mol. The Bertz CT molecular complexity index is 656. The summed E-state index contributed by atoms with van der Waals surface area (Å²) >= 11 is 1.19. The summed E-state index contributed by atoms with van der Waals surface area (Å²) in [5.74, 6) is 1.08. The van der Waals surface area contributed by atoms with Crippen molar-refractivity contribution in [3.05, 3.63) is 22.6 Å². The Kier molecular flexibility index (Phi) is 5.09. The van der Waals surface area contributed by atoms with Crippen molar-refractivity contribution in [3.63, 3.8) is 0 Å². The Morgan fingerprint density at radius 3 is 2.67 bits per heavy atom. The molecule has 0 unspecified atom stereocenters. The van der Waals surface area contributed by atoms with Gasteiger partial charge in [-0.3, -0.25) is 4.79 Å². The van der Waals surface area contributed by atoms with E-state index in [1.54, 1.807) is 7.05 Å². The highest BCUT2D eigenvalue weighted by atomic mass is 32.2. The third kappa shape index (κ3) is 3.91. The minimum Gasteiger partial charge on any atom is -0.357 e. The van der Waals surface area contributed by atoms with Crippen molar-refractivity contribution >= 4 is 23.7 Å². The topological polar surface area (TPSA) is 99.7 Å². The second-order valence-corrected chi connectivity index (χ2v) is 4.96. The van der Waals surface area contributed by atoms with Crippen LogP contribution in [0.4, 0.5) is 11.9 Å². The van der Waals surface area contributed by atoms with Crippen LogP contribution in [0.25, 0.3) is 0 Å². The van der Waals surface area contributed by atoms with Crippen molar-refractivity contribution in [1.82, 2.24) is 24.9 Å². The normalized spacial score (nSPS) is 10.4. The average Bonchev–Trinajstić information content (AvgIpc) is 2.48. The van der Waals surface area contributed by atoms with Crippen molar-refractivity contribution < 1.29 is 0 Å². The molecule has 0 aliphatic heterocycles. The van der Waals surface area contributed by atoms with E-state index >= 15 is 0 Å². The van der Waals surface area contributed by atoms with Crippen molar-refractivity contribution in [2.75, 3.05) is 30.4 Å². The fraction of sp³-hybridized carbons (Fsp3) is 0.417. The van der Waals surface area contributed by atoms with E-state index in [1.807, 2.05) is 18.7 Å².